The number of amides is 1. The Morgan fingerprint density at radius 3 is 2.69 bits per heavy atom. The Labute approximate surface area is 208 Å². The van der Waals surface area contributed by atoms with Crippen LogP contribution in [0.3, 0.4) is 0 Å². The van der Waals surface area contributed by atoms with E-state index in [0.717, 1.165) is 48.2 Å². The van der Waals surface area contributed by atoms with Gasteiger partial charge in [0, 0.05) is 24.0 Å². The number of benzene rings is 2. The Kier molecular flexibility index (Phi) is 6.49. The molecule has 2 aromatic carbocycles. The lowest BCUT2D eigenvalue weighted by Crippen LogP contribution is -2.30. The number of pyridine rings is 1. The summed E-state index contributed by atoms with van der Waals surface area (Å²) >= 11 is 0. The number of anilines is 1. The highest BCUT2D eigenvalue weighted by Gasteiger charge is 2.64. The van der Waals surface area contributed by atoms with Gasteiger partial charge < -0.3 is 14.4 Å². The number of fused-ring (bicyclic) bond motifs is 1. The Bertz CT molecular complexity index is 1310. The van der Waals surface area contributed by atoms with E-state index in [4.69, 9.17) is 19.7 Å². The quantitative estimate of drug-likeness (QED) is 0.280. The van der Waals surface area contributed by atoms with Gasteiger partial charge in [-0.3, -0.25) is 14.8 Å². The number of para-hydroxylation sites is 1. The van der Waals surface area contributed by atoms with Crippen molar-refractivity contribution in [3.63, 3.8) is 0 Å². The third-order valence-corrected chi connectivity index (χ3v) is 7.21. The van der Waals surface area contributed by atoms with Gasteiger partial charge in [0.2, 0.25) is 5.91 Å². The van der Waals surface area contributed by atoms with Crippen LogP contribution in [0.5, 0.6) is 5.75 Å². The Hall–Kier alpha value is -3.72. The van der Waals surface area contributed by atoms with E-state index in [1.54, 1.807) is 11.5 Å². The molecule has 188 valence electrons. The molecule has 3 aromatic rings. The molecule has 1 amide bonds. The molecule has 2 atom stereocenters. The molecule has 0 radical (unpaired) electrons. The Morgan fingerprint density at radius 2 is 1.97 bits per heavy atom. The summed E-state index contributed by atoms with van der Waals surface area (Å²) in [6.45, 7) is 2.11. The van der Waals surface area contributed by atoms with Gasteiger partial charge in [-0.1, -0.05) is 24.3 Å². The van der Waals surface area contributed by atoms with Crippen LogP contribution in [0.25, 0.3) is 10.9 Å². The van der Waals surface area contributed by atoms with Crippen LogP contribution in [0.15, 0.2) is 48.5 Å². The molecule has 0 bridgehead atoms. The van der Waals surface area contributed by atoms with E-state index in [1.807, 2.05) is 30.3 Å². The number of rotatable bonds is 8. The molecule has 9 heteroatoms. The molecule has 5 rings (SSSR count). The summed E-state index contributed by atoms with van der Waals surface area (Å²) in [6.07, 6.45) is 2.62. The van der Waals surface area contributed by atoms with E-state index in [9.17, 15) is 9.59 Å². The summed E-state index contributed by atoms with van der Waals surface area (Å²) in [5.41, 5.74) is 2.80. The zero-order valence-corrected chi connectivity index (χ0v) is 20.0. The van der Waals surface area contributed by atoms with Crippen LogP contribution < -0.4 is 15.1 Å². The SMILES string of the molecule is COC(=O)[C@@]1(Cc2ccc(OCc3cc(N4CCCC4)nc4ccccc34)c(F)c2)C[C@@H]1C(=O)NO. The number of carbonyl (C=O) groups is 2. The summed E-state index contributed by atoms with van der Waals surface area (Å²) in [5.74, 6) is -1.50. The molecule has 2 aliphatic rings. The Balaban J connectivity index is 1.34. The maximum Gasteiger partial charge on any atom is 0.312 e. The van der Waals surface area contributed by atoms with E-state index in [2.05, 4.69) is 4.90 Å². The molecule has 8 nitrogen and oxygen atoms in total. The van der Waals surface area contributed by atoms with Crippen molar-refractivity contribution in [3.05, 3.63) is 65.5 Å². The van der Waals surface area contributed by atoms with Crippen molar-refractivity contribution in [2.45, 2.75) is 32.3 Å². The topological polar surface area (TPSA) is 101 Å². The van der Waals surface area contributed by atoms with Crippen LogP contribution in [0.2, 0.25) is 0 Å². The second-order valence-electron chi connectivity index (χ2n) is 9.46. The summed E-state index contributed by atoms with van der Waals surface area (Å²) < 4.78 is 25.8. The summed E-state index contributed by atoms with van der Waals surface area (Å²) in [4.78, 5) is 31.3. The van der Waals surface area contributed by atoms with Gasteiger partial charge in [-0.2, -0.15) is 0 Å². The van der Waals surface area contributed by atoms with Crippen LogP contribution in [-0.4, -0.2) is 42.3 Å². The van der Waals surface area contributed by atoms with Crippen LogP contribution in [0, 0.1) is 17.2 Å². The maximum absolute atomic E-state index is 15.0. The highest BCUT2D eigenvalue weighted by atomic mass is 19.1. The Morgan fingerprint density at radius 1 is 1.19 bits per heavy atom. The largest absolute Gasteiger partial charge is 0.486 e. The van der Waals surface area contributed by atoms with Gasteiger partial charge >= 0.3 is 5.97 Å². The lowest BCUT2D eigenvalue weighted by molar-refractivity contribution is -0.149. The van der Waals surface area contributed by atoms with Crippen molar-refractivity contribution < 1.29 is 28.7 Å². The number of methoxy groups -OCH3 is 1. The highest BCUT2D eigenvalue weighted by molar-refractivity contribution is 5.93. The van der Waals surface area contributed by atoms with Crippen LogP contribution in [0.4, 0.5) is 10.2 Å². The van der Waals surface area contributed by atoms with Gasteiger partial charge in [-0.25, -0.2) is 14.9 Å². The zero-order chi connectivity index (χ0) is 25.3. The summed E-state index contributed by atoms with van der Waals surface area (Å²) in [7, 11) is 1.24. The lowest BCUT2D eigenvalue weighted by atomic mass is 9.93. The molecule has 2 N–H and O–H groups in total. The minimum absolute atomic E-state index is 0.0925. The number of nitrogens with zero attached hydrogens (tertiary/aromatic N) is 2. The predicted molar refractivity (Wildman–Crippen MR) is 130 cm³/mol. The molecule has 1 saturated heterocycles. The molecule has 1 aliphatic carbocycles. The fourth-order valence-corrected chi connectivity index (χ4v) is 5.17. The fourth-order valence-electron chi connectivity index (χ4n) is 5.17. The zero-order valence-electron chi connectivity index (χ0n) is 20.0. The molecule has 0 spiro atoms. The molecule has 2 heterocycles. The summed E-state index contributed by atoms with van der Waals surface area (Å²) in [5, 5.41) is 9.90. The number of hydrogen-bond acceptors (Lipinski definition) is 7. The third kappa shape index (κ3) is 4.46. The molecule has 1 aliphatic heterocycles. The van der Waals surface area contributed by atoms with Crippen molar-refractivity contribution >= 4 is 28.6 Å². The van der Waals surface area contributed by atoms with E-state index < -0.39 is 29.0 Å². The number of carbonyl (C=O) groups excluding carboxylic acids is 2. The van der Waals surface area contributed by atoms with Crippen LogP contribution in [-0.2, 0) is 27.4 Å². The van der Waals surface area contributed by atoms with Crippen molar-refractivity contribution in [3.8, 4) is 5.75 Å². The second-order valence-corrected chi connectivity index (χ2v) is 9.46. The van der Waals surface area contributed by atoms with Crippen molar-refractivity contribution in [1.82, 2.24) is 10.5 Å². The molecule has 0 unspecified atom stereocenters. The third-order valence-electron chi connectivity index (χ3n) is 7.21. The normalized spacial score (nSPS) is 20.9. The molecular formula is C27H28FN3O5. The minimum Gasteiger partial charge on any atom is -0.486 e. The summed E-state index contributed by atoms with van der Waals surface area (Å²) in [6, 6.07) is 14.4. The first-order valence-electron chi connectivity index (χ1n) is 12.0. The van der Waals surface area contributed by atoms with Gasteiger partial charge in [0.15, 0.2) is 11.6 Å². The average molecular weight is 494 g/mol. The number of halogens is 1. The smallest absolute Gasteiger partial charge is 0.312 e. The molecule has 2 fully saturated rings. The number of aromatic nitrogens is 1. The van der Waals surface area contributed by atoms with Gasteiger partial charge in [0.1, 0.15) is 12.4 Å². The first-order chi connectivity index (χ1) is 17.4. The number of hydroxylamine groups is 1. The first-order valence-corrected chi connectivity index (χ1v) is 12.0. The predicted octanol–water partition coefficient (Wildman–Crippen LogP) is 3.78. The molecule has 1 aromatic heterocycles. The monoisotopic (exact) mass is 493 g/mol. The fraction of sp³-hybridized carbons (Fsp3) is 0.370. The van der Waals surface area contributed by atoms with Crippen molar-refractivity contribution in [2.75, 3.05) is 25.1 Å². The maximum atomic E-state index is 15.0. The minimum atomic E-state index is -1.11. The lowest BCUT2D eigenvalue weighted by Gasteiger charge is -2.19. The number of hydrogen-bond donors (Lipinski definition) is 2. The molecule has 1 saturated carbocycles. The van der Waals surface area contributed by atoms with Crippen LogP contribution >= 0.6 is 0 Å². The van der Waals surface area contributed by atoms with Gasteiger partial charge in [-0.05, 0) is 55.5 Å². The first kappa shape index (κ1) is 24.0. The number of esters is 1. The number of nitrogens with one attached hydrogen (secondary N) is 1. The van der Waals surface area contributed by atoms with Crippen molar-refractivity contribution in [1.29, 1.82) is 0 Å². The molecule has 36 heavy (non-hydrogen) atoms. The van der Waals surface area contributed by atoms with Gasteiger partial charge in [0.25, 0.3) is 0 Å². The van der Waals surface area contributed by atoms with E-state index in [1.165, 1.54) is 19.2 Å². The van der Waals surface area contributed by atoms with Gasteiger partial charge in [-0.15, -0.1) is 0 Å². The molecular weight excluding hydrogens is 465 g/mol. The standard InChI is InChI=1S/C27H28FN3O5/c1-35-26(33)27(15-20(27)25(32)30-34)14-17-8-9-23(21(28)12-17)36-16-18-13-24(31-10-4-5-11-31)29-22-7-3-2-6-19(18)22/h2-3,6-9,12-13,20,34H,4-5,10-11,14-16H2,1H3,(H,30,32)/t20-,27+/m1/s1. The number of ether oxygens (including phenoxy) is 2. The second kappa shape index (κ2) is 9.73. The van der Waals surface area contributed by atoms with Gasteiger partial charge in [0.05, 0.1) is 24.0 Å². The van der Waals surface area contributed by atoms with Crippen molar-refractivity contribution in [2.24, 2.45) is 11.3 Å². The van der Waals surface area contributed by atoms with E-state index in [0.29, 0.717) is 5.56 Å². The highest BCUT2D eigenvalue weighted by Crippen LogP contribution is 2.55. The van der Waals surface area contributed by atoms with Crippen LogP contribution in [0.1, 0.15) is 30.4 Å². The van der Waals surface area contributed by atoms with E-state index >= 15 is 4.39 Å². The average Bonchev–Trinajstić information content (AvgIpc) is 3.35. The van der Waals surface area contributed by atoms with E-state index in [-0.39, 0.29) is 25.2 Å².